The fraction of sp³-hybridized carbons (Fsp3) is 0.516. The highest BCUT2D eigenvalue weighted by Crippen LogP contribution is 2.51. The number of aromatic nitrogens is 3. The number of amides is 1. The molecule has 0 radical (unpaired) electrons. The van der Waals surface area contributed by atoms with Gasteiger partial charge in [-0.1, -0.05) is 26.8 Å². The van der Waals surface area contributed by atoms with Crippen LogP contribution in [0, 0.1) is 12.8 Å². The summed E-state index contributed by atoms with van der Waals surface area (Å²) in [6.45, 7) is 13.3. The highest BCUT2D eigenvalue weighted by Gasteiger charge is 2.63. The molecule has 1 fully saturated rings. The summed E-state index contributed by atoms with van der Waals surface area (Å²) in [5, 5.41) is 4.88. The number of aryl methyl sites for hydroxylation is 1. The summed E-state index contributed by atoms with van der Waals surface area (Å²) in [5.41, 5.74) is -1.49. The number of benzene rings is 1. The number of carbonyl (C=O) groups is 3. The van der Waals surface area contributed by atoms with Crippen molar-refractivity contribution in [2.45, 2.75) is 84.0 Å². The smallest absolute Gasteiger partial charge is 0.334 e. The molecule has 42 heavy (non-hydrogen) atoms. The van der Waals surface area contributed by atoms with Crippen LogP contribution in [0.5, 0.6) is 5.75 Å². The van der Waals surface area contributed by atoms with Crippen molar-refractivity contribution in [3.05, 3.63) is 63.9 Å². The Morgan fingerprint density at radius 1 is 1.12 bits per heavy atom. The molecule has 0 bridgehead atoms. The first-order valence-electron chi connectivity index (χ1n) is 13.8. The molecule has 4 rings (SSSR count). The molecule has 1 amide bonds. The zero-order valence-corrected chi connectivity index (χ0v) is 26.6. The third-order valence-corrected chi connectivity index (χ3v) is 8.29. The number of methoxy groups -OCH3 is 2. The molecule has 226 valence electrons. The molecule has 0 saturated carbocycles. The fourth-order valence-electron chi connectivity index (χ4n) is 5.50. The van der Waals surface area contributed by atoms with Gasteiger partial charge in [0.2, 0.25) is 0 Å². The Hall–Kier alpha value is -3.73. The minimum atomic E-state index is -1.62. The number of nitrogens with zero attached hydrogens (tertiary/aromatic N) is 4. The van der Waals surface area contributed by atoms with Crippen molar-refractivity contribution in [3.63, 3.8) is 0 Å². The Balaban J connectivity index is 1.99. The number of rotatable bonds is 7. The molecule has 0 aliphatic carbocycles. The molecular formula is C31H40N4O6S. The van der Waals surface area contributed by atoms with Crippen molar-refractivity contribution in [2.75, 3.05) is 14.2 Å². The second kappa shape index (κ2) is 11.5. The lowest BCUT2D eigenvalue weighted by molar-refractivity contribution is -0.168. The van der Waals surface area contributed by atoms with E-state index >= 15 is 0 Å². The average molecular weight is 597 g/mol. The van der Waals surface area contributed by atoms with Crippen LogP contribution in [0.15, 0.2) is 42.9 Å². The molecule has 0 unspecified atom stereocenters. The maximum atomic E-state index is 14.8. The molecule has 2 aromatic heterocycles. The second-order valence-corrected chi connectivity index (χ2v) is 13.9. The lowest BCUT2D eigenvalue weighted by Gasteiger charge is -2.40. The van der Waals surface area contributed by atoms with E-state index in [-0.39, 0.29) is 18.4 Å². The van der Waals surface area contributed by atoms with Gasteiger partial charge in [0.1, 0.15) is 16.4 Å². The standard InChI is InChI=1S/C31H40N4O6S/c1-19-17-32-25(42-19)24-21(27(37)40-9)16-31(18-34-14-10-13-33-34,28(38)41-30(5,6)7)35(24)26(36)20-11-12-22(29(2,3)4)23(15-20)39-8/h10-15,17,21,24H,16,18H2,1-9H3/t21-,24+,31+/m0/s1. The summed E-state index contributed by atoms with van der Waals surface area (Å²) in [5.74, 6) is -1.98. The fourth-order valence-corrected chi connectivity index (χ4v) is 6.43. The number of carbonyl (C=O) groups excluding carboxylic acids is 3. The summed E-state index contributed by atoms with van der Waals surface area (Å²) in [7, 11) is 2.86. The van der Waals surface area contributed by atoms with Crippen molar-refractivity contribution in [1.29, 1.82) is 0 Å². The quantitative estimate of drug-likeness (QED) is 0.346. The van der Waals surface area contributed by atoms with Crippen molar-refractivity contribution >= 4 is 29.2 Å². The molecule has 3 aromatic rings. The van der Waals surface area contributed by atoms with Gasteiger partial charge in [-0.15, -0.1) is 11.3 Å². The van der Waals surface area contributed by atoms with Crippen molar-refractivity contribution < 1.29 is 28.6 Å². The molecule has 3 atom stereocenters. The van der Waals surface area contributed by atoms with Crippen LogP contribution >= 0.6 is 11.3 Å². The molecule has 1 aliphatic rings. The highest BCUT2D eigenvalue weighted by atomic mass is 32.1. The third-order valence-electron chi connectivity index (χ3n) is 7.31. The summed E-state index contributed by atoms with van der Waals surface area (Å²) in [6, 6.07) is 6.13. The van der Waals surface area contributed by atoms with Crippen molar-refractivity contribution in [1.82, 2.24) is 19.7 Å². The lowest BCUT2D eigenvalue weighted by atomic mass is 9.85. The maximum Gasteiger partial charge on any atom is 0.334 e. The predicted molar refractivity (Wildman–Crippen MR) is 158 cm³/mol. The second-order valence-electron chi connectivity index (χ2n) is 12.7. The van der Waals surface area contributed by atoms with Gasteiger partial charge in [-0.25, -0.2) is 9.78 Å². The first-order valence-corrected chi connectivity index (χ1v) is 14.7. The van der Waals surface area contributed by atoms with Gasteiger partial charge in [-0.3, -0.25) is 14.3 Å². The van der Waals surface area contributed by atoms with E-state index in [0.717, 1.165) is 10.4 Å². The topological polar surface area (TPSA) is 113 Å². The van der Waals surface area contributed by atoms with Gasteiger partial charge in [-0.05, 0) is 63.3 Å². The van der Waals surface area contributed by atoms with E-state index in [1.807, 2.05) is 13.0 Å². The molecule has 0 N–H and O–H groups in total. The van der Waals surface area contributed by atoms with E-state index in [1.165, 1.54) is 23.3 Å². The van der Waals surface area contributed by atoms with E-state index in [9.17, 15) is 14.4 Å². The number of thiazole rings is 1. The number of esters is 2. The maximum absolute atomic E-state index is 14.8. The molecule has 3 heterocycles. The first-order chi connectivity index (χ1) is 19.6. The van der Waals surface area contributed by atoms with Gasteiger partial charge in [0.15, 0.2) is 5.54 Å². The Morgan fingerprint density at radius 3 is 2.36 bits per heavy atom. The SMILES string of the molecule is COC(=O)[C@H]1C[C@@](Cn2cccn2)(C(=O)OC(C)(C)C)N(C(=O)c2ccc(C(C)(C)C)c(OC)c2)[C@H]1c1ncc(C)s1. The van der Waals surface area contributed by atoms with E-state index in [1.54, 1.807) is 69.4 Å². The zero-order chi connectivity index (χ0) is 31.0. The summed E-state index contributed by atoms with van der Waals surface area (Å²) >= 11 is 1.37. The monoisotopic (exact) mass is 596 g/mol. The van der Waals surface area contributed by atoms with Crippen LogP contribution in [0.3, 0.4) is 0 Å². The van der Waals surface area contributed by atoms with Crippen LogP contribution in [0.1, 0.15) is 79.8 Å². The van der Waals surface area contributed by atoms with Gasteiger partial charge in [0.05, 0.1) is 32.7 Å². The third kappa shape index (κ3) is 6.06. The highest BCUT2D eigenvalue weighted by molar-refractivity contribution is 7.11. The molecular weight excluding hydrogens is 556 g/mol. The van der Waals surface area contributed by atoms with Crippen molar-refractivity contribution in [2.24, 2.45) is 5.92 Å². The lowest BCUT2D eigenvalue weighted by Crippen LogP contribution is -2.58. The predicted octanol–water partition coefficient (Wildman–Crippen LogP) is 5.11. The average Bonchev–Trinajstić information content (AvgIpc) is 3.65. The van der Waals surface area contributed by atoms with E-state index in [2.05, 4.69) is 30.9 Å². The summed E-state index contributed by atoms with van der Waals surface area (Å²) in [6.07, 6.45) is 4.96. The van der Waals surface area contributed by atoms with Gasteiger partial charge >= 0.3 is 11.9 Å². The Labute approximate surface area is 251 Å². The molecule has 1 saturated heterocycles. The minimum Gasteiger partial charge on any atom is -0.496 e. The molecule has 1 aromatic carbocycles. The van der Waals surface area contributed by atoms with Gasteiger partial charge in [-0.2, -0.15) is 5.10 Å². The zero-order valence-electron chi connectivity index (χ0n) is 25.8. The molecule has 0 spiro atoms. The molecule has 11 heteroatoms. The molecule has 1 aliphatic heterocycles. The van der Waals surface area contributed by atoms with Gasteiger partial charge in [0, 0.05) is 29.0 Å². The van der Waals surface area contributed by atoms with Gasteiger partial charge in [0.25, 0.3) is 5.91 Å². The van der Waals surface area contributed by atoms with Crippen molar-refractivity contribution in [3.8, 4) is 5.75 Å². The van der Waals surface area contributed by atoms with Crippen LogP contribution < -0.4 is 4.74 Å². The molecule has 10 nitrogen and oxygen atoms in total. The van der Waals surface area contributed by atoms with Crippen LogP contribution in [-0.2, 0) is 31.0 Å². The summed E-state index contributed by atoms with van der Waals surface area (Å²) in [4.78, 5) is 49.5. The van der Waals surface area contributed by atoms with E-state index in [0.29, 0.717) is 16.3 Å². The number of hydrogen-bond donors (Lipinski definition) is 0. The Kier molecular flexibility index (Phi) is 8.55. The largest absolute Gasteiger partial charge is 0.496 e. The van der Waals surface area contributed by atoms with Crippen LogP contribution in [0.25, 0.3) is 0 Å². The number of ether oxygens (including phenoxy) is 3. The Bertz CT molecular complexity index is 1450. The van der Waals surface area contributed by atoms with Crippen LogP contribution in [0.2, 0.25) is 0 Å². The van der Waals surface area contributed by atoms with Crippen LogP contribution in [-0.4, -0.2) is 62.9 Å². The summed E-state index contributed by atoms with van der Waals surface area (Å²) < 4.78 is 18.5. The van der Waals surface area contributed by atoms with E-state index in [4.69, 9.17) is 14.2 Å². The van der Waals surface area contributed by atoms with E-state index < -0.39 is 40.9 Å². The minimum absolute atomic E-state index is 0.0355. The normalized spacial score (nSPS) is 20.8. The number of hydrogen-bond acceptors (Lipinski definition) is 9. The number of likely N-dealkylation sites (tertiary alicyclic amines) is 1. The first kappa shape index (κ1) is 31.2. The Morgan fingerprint density at radius 2 is 1.83 bits per heavy atom. The van der Waals surface area contributed by atoms with Gasteiger partial charge < -0.3 is 19.1 Å². The van der Waals surface area contributed by atoms with Crippen LogP contribution in [0.4, 0.5) is 0 Å².